The van der Waals surface area contributed by atoms with Crippen molar-refractivity contribution in [1.82, 2.24) is 14.8 Å². The zero-order valence-corrected chi connectivity index (χ0v) is 18.3. The topological polar surface area (TPSA) is 71.8 Å². The summed E-state index contributed by atoms with van der Waals surface area (Å²) >= 11 is 6.09. The van der Waals surface area contributed by atoms with Crippen molar-refractivity contribution in [3.8, 4) is 0 Å². The van der Waals surface area contributed by atoms with Gasteiger partial charge in [0.1, 0.15) is 6.04 Å². The van der Waals surface area contributed by atoms with E-state index >= 15 is 0 Å². The third-order valence-corrected chi connectivity index (χ3v) is 5.48. The highest BCUT2D eigenvalue weighted by atomic mass is 35.5. The minimum Gasteiger partial charge on any atom is -0.324 e. The molecule has 0 unspecified atom stereocenters. The summed E-state index contributed by atoms with van der Waals surface area (Å²) in [6.45, 7) is 0. The first-order chi connectivity index (χ1) is 16.2. The van der Waals surface area contributed by atoms with Gasteiger partial charge in [-0.15, -0.1) is 5.10 Å². The van der Waals surface area contributed by atoms with E-state index in [0.29, 0.717) is 11.0 Å². The molecule has 0 saturated carbocycles. The van der Waals surface area contributed by atoms with Crippen LogP contribution in [0.25, 0.3) is 11.8 Å². The number of fused-ring (bicyclic) bond motifs is 1. The highest BCUT2D eigenvalue weighted by molar-refractivity contribution is 6.30. The van der Waals surface area contributed by atoms with Gasteiger partial charge in [0, 0.05) is 16.8 Å². The molecule has 1 aromatic heterocycles. The monoisotopic (exact) mass is 453 g/mol. The first-order valence-corrected chi connectivity index (χ1v) is 10.8. The zero-order valence-electron chi connectivity index (χ0n) is 17.5. The van der Waals surface area contributed by atoms with Gasteiger partial charge >= 0.3 is 0 Å². The Morgan fingerprint density at radius 2 is 1.67 bits per heavy atom. The van der Waals surface area contributed by atoms with Crippen molar-refractivity contribution in [2.24, 2.45) is 0 Å². The van der Waals surface area contributed by atoms with Crippen LogP contribution in [0.2, 0.25) is 5.02 Å². The Morgan fingerprint density at radius 3 is 2.39 bits per heavy atom. The number of amides is 1. The van der Waals surface area contributed by atoms with Crippen LogP contribution in [0.3, 0.4) is 0 Å². The highest BCUT2D eigenvalue weighted by Gasteiger charge is 2.25. The highest BCUT2D eigenvalue weighted by Crippen LogP contribution is 2.33. The maximum absolute atomic E-state index is 12.4. The lowest BCUT2D eigenvalue weighted by Gasteiger charge is -2.24. The van der Waals surface area contributed by atoms with Gasteiger partial charge < -0.3 is 5.32 Å². The molecule has 4 aromatic rings. The molecule has 1 amide bonds. The quantitative estimate of drug-likeness (QED) is 0.383. The number of carbonyl (C=O) groups excluding carboxylic acids is 1. The Labute approximate surface area is 196 Å². The van der Waals surface area contributed by atoms with Crippen molar-refractivity contribution < 1.29 is 4.79 Å². The first-order valence-electron chi connectivity index (χ1n) is 10.5. The van der Waals surface area contributed by atoms with Crippen molar-refractivity contribution in [2.75, 3.05) is 10.6 Å². The van der Waals surface area contributed by atoms with Crippen LogP contribution in [0.4, 0.5) is 11.9 Å². The average Bonchev–Trinajstić information content (AvgIpc) is 3.26. The number of hydrogen-bond donors (Lipinski definition) is 2. The van der Waals surface area contributed by atoms with Crippen molar-refractivity contribution >= 4 is 41.2 Å². The number of benzene rings is 3. The summed E-state index contributed by atoms with van der Waals surface area (Å²) in [6, 6.07) is 27.0. The van der Waals surface area contributed by atoms with Gasteiger partial charge in [0.05, 0.1) is 0 Å². The van der Waals surface area contributed by atoms with E-state index in [0.717, 1.165) is 22.4 Å². The fraction of sp³-hybridized carbons (Fsp3) is 0.0385. The maximum atomic E-state index is 12.4. The third-order valence-electron chi connectivity index (χ3n) is 5.22. The van der Waals surface area contributed by atoms with Gasteiger partial charge in [-0.2, -0.15) is 4.98 Å². The molecule has 1 atom stereocenters. The van der Waals surface area contributed by atoms with Crippen LogP contribution in [0, 0.1) is 0 Å². The second-order valence-electron chi connectivity index (χ2n) is 7.50. The van der Waals surface area contributed by atoms with Crippen molar-refractivity contribution in [3.05, 3.63) is 119 Å². The number of allylic oxidation sites excluding steroid dienone is 1. The lowest BCUT2D eigenvalue weighted by molar-refractivity contribution is -0.111. The summed E-state index contributed by atoms with van der Waals surface area (Å²) in [7, 11) is 0. The Balaban J connectivity index is 1.44. The molecule has 7 heteroatoms. The van der Waals surface area contributed by atoms with E-state index in [2.05, 4.69) is 26.8 Å². The fourth-order valence-electron chi connectivity index (χ4n) is 3.62. The summed E-state index contributed by atoms with van der Waals surface area (Å²) in [5, 5.41) is 11.3. The van der Waals surface area contributed by atoms with Gasteiger partial charge in [-0.05, 0) is 41.0 Å². The van der Waals surface area contributed by atoms with E-state index in [1.807, 2.05) is 84.9 Å². The van der Waals surface area contributed by atoms with E-state index in [1.54, 1.807) is 10.8 Å². The molecule has 2 N–H and O–H groups in total. The fourth-order valence-corrected chi connectivity index (χ4v) is 3.74. The average molecular weight is 454 g/mol. The smallest absolute Gasteiger partial charge is 0.250 e. The Kier molecular flexibility index (Phi) is 5.74. The van der Waals surface area contributed by atoms with E-state index in [9.17, 15) is 4.79 Å². The molecule has 0 aliphatic carbocycles. The second kappa shape index (κ2) is 9.14. The summed E-state index contributed by atoms with van der Waals surface area (Å²) in [5.74, 6) is 0.460. The molecule has 0 fully saturated rings. The number of rotatable bonds is 5. The number of hydrogen-bond acceptors (Lipinski definition) is 4. The minimum absolute atomic E-state index is 0.216. The molecule has 3 aromatic carbocycles. The predicted octanol–water partition coefficient (Wildman–Crippen LogP) is 5.64. The molecule has 6 nitrogen and oxygen atoms in total. The number of anilines is 2. The number of carbonyl (C=O) groups is 1. The van der Waals surface area contributed by atoms with E-state index < -0.39 is 0 Å². The van der Waals surface area contributed by atoms with Gasteiger partial charge in [0.15, 0.2) is 0 Å². The van der Waals surface area contributed by atoms with Crippen LogP contribution in [0.1, 0.15) is 22.7 Å². The van der Waals surface area contributed by atoms with Crippen LogP contribution in [-0.4, -0.2) is 20.7 Å². The standard InChI is InChI=1S/C26H20ClN5O/c27-21-14-12-20(13-15-21)23-17-22(19-9-5-2-6-10-19)28-26-30-25(31-32(23)26)29-24(33)16-11-18-7-3-1-4-8-18/h1-17,23H,(H2,28,29,30,31,33)/b16-11+/t23-/m0/s1. The molecule has 0 saturated heterocycles. The number of nitrogens with zero attached hydrogens (tertiary/aromatic N) is 3. The SMILES string of the molecule is O=C(/C=C/c1ccccc1)Nc1nc2n(n1)[C@H](c1ccc(Cl)cc1)C=C(c1ccccc1)N2. The third kappa shape index (κ3) is 4.71. The molecule has 33 heavy (non-hydrogen) atoms. The van der Waals surface area contributed by atoms with Crippen molar-refractivity contribution in [2.45, 2.75) is 6.04 Å². The largest absolute Gasteiger partial charge is 0.324 e. The van der Waals surface area contributed by atoms with Crippen LogP contribution < -0.4 is 10.6 Å². The second-order valence-corrected chi connectivity index (χ2v) is 7.94. The van der Waals surface area contributed by atoms with Gasteiger partial charge in [-0.1, -0.05) is 84.4 Å². The van der Waals surface area contributed by atoms with Crippen LogP contribution in [-0.2, 0) is 4.79 Å². The Bertz CT molecular complexity index is 1330. The Hall–Kier alpha value is -4.16. The Morgan fingerprint density at radius 1 is 0.970 bits per heavy atom. The molecule has 5 rings (SSSR count). The first kappa shape index (κ1) is 20.7. The summed E-state index contributed by atoms with van der Waals surface area (Å²) in [4.78, 5) is 17.0. The van der Waals surface area contributed by atoms with Crippen molar-refractivity contribution in [1.29, 1.82) is 0 Å². The lowest BCUT2D eigenvalue weighted by Crippen LogP contribution is -2.20. The molecule has 1 aliphatic heterocycles. The maximum Gasteiger partial charge on any atom is 0.250 e. The molecule has 0 spiro atoms. The normalized spacial score (nSPS) is 14.9. The van der Waals surface area contributed by atoms with E-state index in [-0.39, 0.29) is 17.9 Å². The van der Waals surface area contributed by atoms with Gasteiger partial charge in [-0.3, -0.25) is 10.1 Å². The van der Waals surface area contributed by atoms with Crippen LogP contribution in [0.5, 0.6) is 0 Å². The molecule has 0 radical (unpaired) electrons. The lowest BCUT2D eigenvalue weighted by atomic mass is 10.0. The molecule has 162 valence electrons. The van der Waals surface area contributed by atoms with Crippen LogP contribution >= 0.6 is 11.6 Å². The molecular formula is C26H20ClN5O. The number of halogens is 1. The summed E-state index contributed by atoms with van der Waals surface area (Å²) in [6.07, 6.45) is 5.30. The molecule has 1 aliphatic rings. The van der Waals surface area contributed by atoms with Crippen molar-refractivity contribution in [3.63, 3.8) is 0 Å². The number of nitrogens with one attached hydrogen (secondary N) is 2. The molecule has 2 heterocycles. The number of aromatic nitrogens is 3. The van der Waals surface area contributed by atoms with E-state index in [4.69, 9.17) is 11.6 Å². The predicted molar refractivity (Wildman–Crippen MR) is 132 cm³/mol. The summed E-state index contributed by atoms with van der Waals surface area (Å²) < 4.78 is 1.76. The zero-order chi connectivity index (χ0) is 22.6. The van der Waals surface area contributed by atoms with E-state index in [1.165, 1.54) is 6.08 Å². The summed E-state index contributed by atoms with van der Waals surface area (Å²) in [5.41, 5.74) is 3.88. The van der Waals surface area contributed by atoms with Gasteiger partial charge in [0.2, 0.25) is 5.95 Å². The van der Waals surface area contributed by atoms with Crippen LogP contribution in [0.15, 0.2) is 97.1 Å². The molecular weight excluding hydrogens is 434 g/mol. The van der Waals surface area contributed by atoms with Gasteiger partial charge in [-0.25, -0.2) is 4.68 Å². The molecule has 0 bridgehead atoms. The minimum atomic E-state index is -0.305. The van der Waals surface area contributed by atoms with Gasteiger partial charge in [0.25, 0.3) is 11.9 Å².